The molecule has 4 N–H and O–H groups in total. The maximum atomic E-state index is 8.57. The van der Waals surface area contributed by atoms with Gasteiger partial charge in [0.25, 0.3) is 0 Å². The number of oxime groups is 1. The Balaban J connectivity index is 1.75. The number of nitrogens with zero attached hydrogens (tertiary/aromatic N) is 2. The second-order valence-corrected chi connectivity index (χ2v) is 6.04. The lowest BCUT2D eigenvalue weighted by atomic mass is 10.0. The molecule has 1 fully saturated rings. The van der Waals surface area contributed by atoms with E-state index in [9.17, 15) is 0 Å². The molecule has 0 aromatic carbocycles. The van der Waals surface area contributed by atoms with Crippen molar-refractivity contribution in [3.8, 4) is 0 Å². The molecule has 6 heteroatoms. The maximum Gasteiger partial charge on any atom is 0.139 e. The molecule has 0 saturated heterocycles. The van der Waals surface area contributed by atoms with Gasteiger partial charge in [-0.25, -0.2) is 4.98 Å². The van der Waals surface area contributed by atoms with Gasteiger partial charge < -0.3 is 16.3 Å². The number of hydrogen-bond acceptors (Lipinski definition) is 5. The van der Waals surface area contributed by atoms with E-state index >= 15 is 0 Å². The van der Waals surface area contributed by atoms with Crippen LogP contribution in [0.1, 0.15) is 29.1 Å². The summed E-state index contributed by atoms with van der Waals surface area (Å²) in [7, 11) is 0. The zero-order valence-corrected chi connectivity index (χ0v) is 10.8. The van der Waals surface area contributed by atoms with E-state index in [-0.39, 0.29) is 5.41 Å². The van der Waals surface area contributed by atoms with Gasteiger partial charge in [-0.1, -0.05) is 5.16 Å². The van der Waals surface area contributed by atoms with Crippen LogP contribution in [0, 0.1) is 12.3 Å². The van der Waals surface area contributed by atoms with Crippen molar-refractivity contribution >= 4 is 17.2 Å². The van der Waals surface area contributed by atoms with Crippen LogP contribution in [0.15, 0.2) is 11.4 Å². The first-order chi connectivity index (χ1) is 8.13. The van der Waals surface area contributed by atoms with Crippen molar-refractivity contribution in [2.45, 2.75) is 32.7 Å². The normalized spacial score (nSPS) is 18.3. The van der Waals surface area contributed by atoms with Crippen LogP contribution >= 0.6 is 11.3 Å². The third kappa shape index (κ3) is 3.41. The summed E-state index contributed by atoms with van der Waals surface area (Å²) in [5, 5.41) is 16.1. The van der Waals surface area contributed by atoms with Crippen molar-refractivity contribution < 1.29 is 5.21 Å². The molecule has 1 aliphatic rings. The van der Waals surface area contributed by atoms with E-state index in [1.165, 1.54) is 4.88 Å². The molecule has 0 amide bonds. The number of thiazole rings is 1. The summed E-state index contributed by atoms with van der Waals surface area (Å²) in [5.41, 5.74) is 5.77. The minimum atomic E-state index is 0.218. The smallest absolute Gasteiger partial charge is 0.139 e. The van der Waals surface area contributed by atoms with Gasteiger partial charge in [0.2, 0.25) is 0 Å². The predicted octanol–water partition coefficient (Wildman–Crippen LogP) is 1.46. The monoisotopic (exact) mass is 254 g/mol. The molecule has 94 valence electrons. The number of nitrogens with two attached hydrogens (primary N) is 1. The first-order valence-corrected chi connectivity index (χ1v) is 6.54. The van der Waals surface area contributed by atoms with Gasteiger partial charge in [0, 0.05) is 30.6 Å². The molecule has 0 radical (unpaired) electrons. The number of rotatable bonds is 6. The SMILES string of the molecule is Cc1ncc(CNCC2(CC(N)=NO)CC2)s1. The van der Waals surface area contributed by atoms with Crippen molar-refractivity contribution in [3.05, 3.63) is 16.1 Å². The summed E-state index contributed by atoms with van der Waals surface area (Å²) >= 11 is 1.72. The minimum absolute atomic E-state index is 0.218. The molecule has 1 aliphatic carbocycles. The van der Waals surface area contributed by atoms with Gasteiger partial charge in [0.05, 0.1) is 5.01 Å². The number of nitrogens with one attached hydrogen (secondary N) is 1. The standard InChI is InChI=1S/C11H18N4OS/c1-8-14-6-9(17-8)5-13-7-11(2-3-11)4-10(12)15-16/h6,13,16H,2-5,7H2,1H3,(H2,12,15). The fourth-order valence-corrected chi connectivity index (χ4v) is 2.71. The van der Waals surface area contributed by atoms with E-state index in [0.717, 1.165) is 30.9 Å². The number of amidine groups is 1. The predicted molar refractivity (Wildman–Crippen MR) is 68.3 cm³/mol. The minimum Gasteiger partial charge on any atom is -0.409 e. The zero-order chi connectivity index (χ0) is 12.3. The number of hydrogen-bond donors (Lipinski definition) is 3. The van der Waals surface area contributed by atoms with Crippen LogP contribution in [-0.4, -0.2) is 22.6 Å². The Hall–Kier alpha value is -1.14. The van der Waals surface area contributed by atoms with E-state index in [1.807, 2.05) is 13.1 Å². The maximum absolute atomic E-state index is 8.57. The molecule has 0 aliphatic heterocycles. The summed E-state index contributed by atoms with van der Waals surface area (Å²) < 4.78 is 0. The van der Waals surface area contributed by atoms with E-state index in [2.05, 4.69) is 15.5 Å². The summed E-state index contributed by atoms with van der Waals surface area (Å²) in [6.07, 6.45) is 4.89. The molecule has 1 saturated carbocycles. The summed E-state index contributed by atoms with van der Waals surface area (Å²) in [6.45, 7) is 3.78. The van der Waals surface area contributed by atoms with Gasteiger partial charge in [-0.3, -0.25) is 0 Å². The molecule has 1 aromatic rings. The summed E-state index contributed by atoms with van der Waals surface area (Å²) in [5.74, 6) is 0.331. The Morgan fingerprint density at radius 3 is 3.00 bits per heavy atom. The molecule has 5 nitrogen and oxygen atoms in total. The molecule has 1 aromatic heterocycles. The van der Waals surface area contributed by atoms with Crippen molar-refractivity contribution in [1.29, 1.82) is 0 Å². The van der Waals surface area contributed by atoms with Gasteiger partial charge in [-0.2, -0.15) is 0 Å². The lowest BCUT2D eigenvalue weighted by Gasteiger charge is -2.14. The third-order valence-corrected chi connectivity index (χ3v) is 4.02. The second kappa shape index (κ2) is 5.01. The molecule has 1 heterocycles. The second-order valence-electron chi connectivity index (χ2n) is 4.72. The molecule has 0 atom stereocenters. The zero-order valence-electron chi connectivity index (χ0n) is 9.94. The molecule has 0 bridgehead atoms. The first kappa shape index (κ1) is 12.3. The van der Waals surface area contributed by atoms with Crippen molar-refractivity contribution in [2.24, 2.45) is 16.3 Å². The van der Waals surface area contributed by atoms with E-state index in [4.69, 9.17) is 10.9 Å². The molecule has 0 spiro atoms. The fourth-order valence-electron chi connectivity index (χ4n) is 1.95. The molecular weight excluding hydrogens is 236 g/mol. The highest BCUT2D eigenvalue weighted by molar-refractivity contribution is 7.11. The quantitative estimate of drug-likeness (QED) is 0.310. The lowest BCUT2D eigenvalue weighted by molar-refractivity contribution is 0.314. The van der Waals surface area contributed by atoms with Crippen LogP contribution in [0.25, 0.3) is 0 Å². The van der Waals surface area contributed by atoms with Gasteiger partial charge in [0.15, 0.2) is 0 Å². The molecule has 17 heavy (non-hydrogen) atoms. The van der Waals surface area contributed by atoms with Crippen molar-refractivity contribution in [3.63, 3.8) is 0 Å². The average Bonchev–Trinajstić information content (AvgIpc) is 2.93. The van der Waals surface area contributed by atoms with Crippen LogP contribution in [0.4, 0.5) is 0 Å². The van der Waals surface area contributed by atoms with Crippen LogP contribution < -0.4 is 11.1 Å². The van der Waals surface area contributed by atoms with Crippen LogP contribution in [-0.2, 0) is 6.54 Å². The van der Waals surface area contributed by atoms with Gasteiger partial charge >= 0.3 is 0 Å². The van der Waals surface area contributed by atoms with E-state index in [0.29, 0.717) is 12.3 Å². The topological polar surface area (TPSA) is 83.5 Å². The first-order valence-electron chi connectivity index (χ1n) is 5.72. The molecule has 0 unspecified atom stereocenters. The Bertz CT molecular complexity index is 411. The average molecular weight is 254 g/mol. The number of aryl methyl sites for hydroxylation is 1. The third-order valence-electron chi connectivity index (χ3n) is 3.11. The van der Waals surface area contributed by atoms with Crippen LogP contribution in [0.3, 0.4) is 0 Å². The Morgan fingerprint density at radius 1 is 1.71 bits per heavy atom. The van der Waals surface area contributed by atoms with E-state index in [1.54, 1.807) is 11.3 Å². The fraction of sp³-hybridized carbons (Fsp3) is 0.636. The van der Waals surface area contributed by atoms with Crippen LogP contribution in [0.2, 0.25) is 0 Å². The Labute approximate surface area is 105 Å². The number of aromatic nitrogens is 1. The highest BCUT2D eigenvalue weighted by atomic mass is 32.1. The van der Waals surface area contributed by atoms with Crippen LogP contribution in [0.5, 0.6) is 0 Å². The van der Waals surface area contributed by atoms with E-state index < -0.39 is 0 Å². The summed E-state index contributed by atoms with van der Waals surface area (Å²) in [6, 6.07) is 0. The molecule has 2 rings (SSSR count). The van der Waals surface area contributed by atoms with Gasteiger partial charge in [0.1, 0.15) is 5.84 Å². The molecular formula is C11H18N4OS. The van der Waals surface area contributed by atoms with Gasteiger partial charge in [-0.05, 0) is 25.2 Å². The Kier molecular flexibility index (Phi) is 3.63. The highest BCUT2D eigenvalue weighted by Crippen LogP contribution is 2.48. The lowest BCUT2D eigenvalue weighted by Crippen LogP contribution is -2.27. The Morgan fingerprint density at radius 2 is 2.47 bits per heavy atom. The van der Waals surface area contributed by atoms with Gasteiger partial charge in [-0.15, -0.1) is 11.3 Å². The highest BCUT2D eigenvalue weighted by Gasteiger charge is 2.42. The van der Waals surface area contributed by atoms with Crippen molar-refractivity contribution in [1.82, 2.24) is 10.3 Å². The van der Waals surface area contributed by atoms with Crippen molar-refractivity contribution in [2.75, 3.05) is 6.54 Å². The largest absolute Gasteiger partial charge is 0.409 e. The summed E-state index contributed by atoms with van der Waals surface area (Å²) in [4.78, 5) is 5.47.